The second-order valence-electron chi connectivity index (χ2n) is 6.48. The van der Waals surface area contributed by atoms with Crippen molar-refractivity contribution in [1.82, 2.24) is 10.2 Å². The van der Waals surface area contributed by atoms with Crippen LogP contribution in [0.2, 0.25) is 0 Å². The summed E-state index contributed by atoms with van der Waals surface area (Å²) in [6.45, 7) is 12.0. The van der Waals surface area contributed by atoms with E-state index in [0.29, 0.717) is 6.54 Å². The molecule has 5 nitrogen and oxygen atoms in total. The number of carbonyl (C=O) groups is 2. The molecule has 5 heteroatoms. The Hall–Kier alpha value is -1.26. The molecular formula is C15H30N2O3. The summed E-state index contributed by atoms with van der Waals surface area (Å²) < 4.78 is 5.21. The van der Waals surface area contributed by atoms with Gasteiger partial charge in [0.15, 0.2) is 0 Å². The summed E-state index contributed by atoms with van der Waals surface area (Å²) in [6, 6.07) is -0.549. The van der Waals surface area contributed by atoms with Gasteiger partial charge < -0.3 is 15.0 Å². The highest BCUT2D eigenvalue weighted by atomic mass is 16.6. The minimum Gasteiger partial charge on any atom is -0.444 e. The molecule has 0 aliphatic heterocycles. The van der Waals surface area contributed by atoms with Crippen molar-refractivity contribution in [2.75, 3.05) is 13.6 Å². The van der Waals surface area contributed by atoms with E-state index in [1.807, 2.05) is 13.8 Å². The number of carbonyl (C=O) groups excluding carboxylic acids is 2. The first kappa shape index (κ1) is 18.7. The third-order valence-electron chi connectivity index (χ3n) is 2.83. The summed E-state index contributed by atoms with van der Waals surface area (Å²) in [5.74, 6) is -0.0570. The smallest absolute Gasteiger partial charge is 0.408 e. The Morgan fingerprint density at radius 2 is 1.80 bits per heavy atom. The number of unbranched alkanes of at least 4 members (excludes halogenated alkanes) is 1. The number of hydrogen-bond acceptors (Lipinski definition) is 3. The molecule has 20 heavy (non-hydrogen) atoms. The van der Waals surface area contributed by atoms with E-state index in [9.17, 15) is 9.59 Å². The van der Waals surface area contributed by atoms with Crippen LogP contribution in [0.15, 0.2) is 0 Å². The van der Waals surface area contributed by atoms with E-state index in [1.54, 1.807) is 32.7 Å². The van der Waals surface area contributed by atoms with Crippen LogP contribution >= 0.6 is 0 Å². The van der Waals surface area contributed by atoms with Gasteiger partial charge in [0.05, 0.1) is 0 Å². The van der Waals surface area contributed by atoms with E-state index in [1.165, 1.54) is 0 Å². The van der Waals surface area contributed by atoms with Crippen molar-refractivity contribution in [2.45, 2.75) is 66.0 Å². The van der Waals surface area contributed by atoms with E-state index in [4.69, 9.17) is 4.74 Å². The Labute approximate surface area is 123 Å². The predicted molar refractivity (Wildman–Crippen MR) is 80.5 cm³/mol. The molecule has 0 aromatic rings. The van der Waals surface area contributed by atoms with Crippen LogP contribution in [0.5, 0.6) is 0 Å². The second kappa shape index (κ2) is 8.12. The summed E-state index contributed by atoms with van der Waals surface area (Å²) in [5.41, 5.74) is -0.567. The molecular weight excluding hydrogens is 256 g/mol. The van der Waals surface area contributed by atoms with Gasteiger partial charge >= 0.3 is 6.09 Å². The van der Waals surface area contributed by atoms with Crippen molar-refractivity contribution in [3.63, 3.8) is 0 Å². The van der Waals surface area contributed by atoms with Crippen molar-refractivity contribution in [3.05, 3.63) is 0 Å². The highest BCUT2D eigenvalue weighted by Gasteiger charge is 2.28. The van der Waals surface area contributed by atoms with Crippen LogP contribution in [0.4, 0.5) is 4.79 Å². The van der Waals surface area contributed by atoms with Crippen molar-refractivity contribution >= 4 is 12.0 Å². The van der Waals surface area contributed by atoms with Gasteiger partial charge in [-0.25, -0.2) is 4.79 Å². The lowest BCUT2D eigenvalue weighted by molar-refractivity contribution is -0.133. The molecule has 0 fully saturated rings. The highest BCUT2D eigenvalue weighted by molar-refractivity contribution is 5.85. The largest absolute Gasteiger partial charge is 0.444 e. The Morgan fingerprint density at radius 1 is 1.25 bits per heavy atom. The summed E-state index contributed by atoms with van der Waals surface area (Å²) in [4.78, 5) is 25.8. The molecule has 0 spiro atoms. The Kier molecular flexibility index (Phi) is 7.61. The molecule has 0 radical (unpaired) electrons. The molecule has 1 N–H and O–H groups in total. The van der Waals surface area contributed by atoms with Crippen LogP contribution in [0, 0.1) is 5.92 Å². The van der Waals surface area contributed by atoms with E-state index in [0.717, 1.165) is 12.8 Å². The summed E-state index contributed by atoms with van der Waals surface area (Å²) in [6.07, 6.45) is 1.44. The minimum absolute atomic E-state index is 0.0131. The fourth-order valence-corrected chi connectivity index (χ4v) is 1.69. The van der Waals surface area contributed by atoms with Crippen LogP contribution in [-0.2, 0) is 9.53 Å². The molecule has 0 saturated carbocycles. The van der Waals surface area contributed by atoms with Crippen molar-refractivity contribution < 1.29 is 14.3 Å². The van der Waals surface area contributed by atoms with Gasteiger partial charge in [-0.3, -0.25) is 4.79 Å². The van der Waals surface area contributed by atoms with Gasteiger partial charge in [-0.15, -0.1) is 0 Å². The van der Waals surface area contributed by atoms with Crippen LogP contribution in [0.25, 0.3) is 0 Å². The Morgan fingerprint density at radius 3 is 2.20 bits per heavy atom. The number of alkyl carbamates (subject to hydrolysis) is 1. The summed E-state index contributed by atoms with van der Waals surface area (Å²) >= 11 is 0. The van der Waals surface area contributed by atoms with Crippen LogP contribution in [-0.4, -0.2) is 42.1 Å². The molecule has 0 saturated heterocycles. The van der Waals surface area contributed by atoms with Crippen molar-refractivity contribution in [1.29, 1.82) is 0 Å². The number of rotatable bonds is 6. The number of hydrogen-bond donors (Lipinski definition) is 1. The first-order valence-electron chi connectivity index (χ1n) is 7.33. The van der Waals surface area contributed by atoms with Gasteiger partial charge in [0, 0.05) is 13.6 Å². The van der Waals surface area contributed by atoms with E-state index in [2.05, 4.69) is 12.2 Å². The second-order valence-corrected chi connectivity index (χ2v) is 6.48. The maximum atomic E-state index is 12.3. The third-order valence-corrected chi connectivity index (χ3v) is 2.83. The van der Waals surface area contributed by atoms with E-state index >= 15 is 0 Å². The monoisotopic (exact) mass is 286 g/mol. The maximum Gasteiger partial charge on any atom is 0.408 e. The fourth-order valence-electron chi connectivity index (χ4n) is 1.69. The molecule has 1 atom stereocenters. The van der Waals surface area contributed by atoms with Gasteiger partial charge in [-0.05, 0) is 33.1 Å². The predicted octanol–water partition coefficient (Wildman–Crippen LogP) is 2.79. The van der Waals surface area contributed by atoms with Crippen LogP contribution in [0.1, 0.15) is 54.4 Å². The first-order valence-corrected chi connectivity index (χ1v) is 7.33. The van der Waals surface area contributed by atoms with Crippen LogP contribution in [0.3, 0.4) is 0 Å². The summed E-state index contributed by atoms with van der Waals surface area (Å²) in [5, 5.41) is 2.68. The lowest BCUT2D eigenvalue weighted by atomic mass is 10.0. The Bertz CT molecular complexity index is 322. The average molecular weight is 286 g/mol. The number of nitrogens with zero attached hydrogens (tertiary/aromatic N) is 1. The lowest BCUT2D eigenvalue weighted by Gasteiger charge is -2.28. The molecule has 0 aromatic carbocycles. The van der Waals surface area contributed by atoms with E-state index < -0.39 is 17.7 Å². The zero-order chi connectivity index (χ0) is 15.9. The molecule has 0 rings (SSSR count). The Balaban J connectivity index is 4.64. The van der Waals surface area contributed by atoms with Gasteiger partial charge in [-0.2, -0.15) is 0 Å². The molecule has 0 aliphatic rings. The van der Waals surface area contributed by atoms with Gasteiger partial charge in [0.2, 0.25) is 5.91 Å². The summed E-state index contributed by atoms with van der Waals surface area (Å²) in [7, 11) is 1.77. The topological polar surface area (TPSA) is 58.6 Å². The standard InChI is InChI=1S/C15H30N2O3/c1-8-9-10-17(7)13(18)12(11(2)3)16-14(19)20-15(4,5)6/h11-12H,8-10H2,1-7H3,(H,16,19). The third kappa shape index (κ3) is 7.36. The van der Waals surface area contributed by atoms with E-state index in [-0.39, 0.29) is 11.8 Å². The molecule has 2 amide bonds. The van der Waals surface area contributed by atoms with Crippen molar-refractivity contribution in [3.8, 4) is 0 Å². The van der Waals surface area contributed by atoms with Gasteiger partial charge in [0.1, 0.15) is 11.6 Å². The number of amides is 2. The fraction of sp³-hybridized carbons (Fsp3) is 0.867. The molecule has 0 aliphatic carbocycles. The molecule has 1 unspecified atom stereocenters. The normalized spacial score (nSPS) is 13.0. The first-order chi connectivity index (χ1) is 9.08. The molecule has 118 valence electrons. The molecule has 0 aromatic heterocycles. The number of ether oxygens (including phenoxy) is 1. The van der Waals surface area contributed by atoms with Crippen molar-refractivity contribution in [2.24, 2.45) is 5.92 Å². The number of likely N-dealkylation sites (N-methyl/N-ethyl adjacent to an activating group) is 1. The van der Waals surface area contributed by atoms with Gasteiger partial charge in [-0.1, -0.05) is 27.2 Å². The van der Waals surface area contributed by atoms with Crippen LogP contribution < -0.4 is 5.32 Å². The highest BCUT2D eigenvalue weighted by Crippen LogP contribution is 2.10. The number of nitrogens with one attached hydrogen (secondary N) is 1. The maximum absolute atomic E-state index is 12.3. The quantitative estimate of drug-likeness (QED) is 0.817. The zero-order valence-electron chi connectivity index (χ0n) is 13.9. The zero-order valence-corrected chi connectivity index (χ0v) is 13.9. The van der Waals surface area contributed by atoms with Gasteiger partial charge in [0.25, 0.3) is 0 Å². The molecule has 0 bridgehead atoms. The molecule has 0 heterocycles. The average Bonchev–Trinajstić information content (AvgIpc) is 2.29. The SMILES string of the molecule is CCCCN(C)C(=O)C(NC(=O)OC(C)(C)C)C(C)C. The minimum atomic E-state index is -0.567. The lowest BCUT2D eigenvalue weighted by Crippen LogP contribution is -2.51.